The van der Waals surface area contributed by atoms with Gasteiger partial charge in [-0.05, 0) is 32.4 Å². The number of halogens is 2. The molecule has 1 aromatic carbocycles. The summed E-state index contributed by atoms with van der Waals surface area (Å²) in [5.41, 5.74) is 0.361. The van der Waals surface area contributed by atoms with Crippen molar-refractivity contribution in [1.82, 2.24) is 5.32 Å². The summed E-state index contributed by atoms with van der Waals surface area (Å²) in [5.74, 6) is -0.170. The predicted molar refractivity (Wildman–Crippen MR) is 74.1 cm³/mol. The van der Waals surface area contributed by atoms with Gasteiger partial charge in [0.05, 0.1) is 5.69 Å². The van der Waals surface area contributed by atoms with Crippen molar-refractivity contribution in [2.75, 3.05) is 5.32 Å². The van der Waals surface area contributed by atoms with Gasteiger partial charge in [-0.15, -0.1) is 0 Å². The second-order valence-corrected chi connectivity index (χ2v) is 4.56. The number of alkyl halides is 2. The fourth-order valence-electron chi connectivity index (χ4n) is 1.55. The van der Waals surface area contributed by atoms with Crippen molar-refractivity contribution in [3.8, 4) is 5.75 Å². The normalized spacial score (nSPS) is 13.7. The molecule has 0 spiro atoms. The average molecular weight is 286 g/mol. The van der Waals surface area contributed by atoms with Gasteiger partial charge < -0.3 is 15.4 Å². The smallest absolute Gasteiger partial charge is 0.387 e. The lowest BCUT2D eigenvalue weighted by Crippen LogP contribution is -2.41. The number of para-hydroxylation sites is 2. The number of nitrogens with one attached hydrogen (secondary N) is 2. The predicted octanol–water partition coefficient (Wildman–Crippen LogP) is 3.00. The minimum absolute atomic E-state index is 0.0192. The van der Waals surface area contributed by atoms with Crippen LogP contribution in [-0.2, 0) is 4.79 Å². The molecule has 0 saturated heterocycles. The molecule has 0 aromatic heterocycles. The molecule has 20 heavy (non-hydrogen) atoms. The van der Waals surface area contributed by atoms with Crippen LogP contribution in [0.5, 0.6) is 5.75 Å². The quantitative estimate of drug-likeness (QED) is 0.810. The van der Waals surface area contributed by atoms with Gasteiger partial charge in [0.2, 0.25) is 5.91 Å². The number of amides is 1. The third-order valence-corrected chi connectivity index (χ3v) is 2.87. The van der Waals surface area contributed by atoms with Gasteiger partial charge in [-0.3, -0.25) is 4.79 Å². The van der Waals surface area contributed by atoms with Crippen molar-refractivity contribution in [2.24, 2.45) is 0 Å². The molecule has 2 N–H and O–H groups in total. The van der Waals surface area contributed by atoms with E-state index in [0.717, 1.165) is 6.42 Å². The standard InChI is InChI=1S/C14H20F2N2O2/c1-4-9(2)17-13(19)10(3)18-11-7-5-6-8-12(11)20-14(15)16/h5-10,14,18H,4H2,1-3H3,(H,17,19). The number of ether oxygens (including phenoxy) is 1. The van der Waals surface area contributed by atoms with Gasteiger partial charge in [0.15, 0.2) is 0 Å². The highest BCUT2D eigenvalue weighted by atomic mass is 19.3. The maximum absolute atomic E-state index is 12.3. The van der Waals surface area contributed by atoms with Gasteiger partial charge in [0, 0.05) is 6.04 Å². The Morgan fingerprint density at radius 3 is 2.55 bits per heavy atom. The Morgan fingerprint density at radius 2 is 1.95 bits per heavy atom. The molecule has 0 aliphatic heterocycles. The summed E-state index contributed by atoms with van der Waals surface area (Å²) in [5, 5.41) is 5.69. The van der Waals surface area contributed by atoms with Crippen LogP contribution in [0, 0.1) is 0 Å². The van der Waals surface area contributed by atoms with Crippen LogP contribution in [0.25, 0.3) is 0 Å². The number of carbonyl (C=O) groups excluding carboxylic acids is 1. The average Bonchev–Trinajstić information content (AvgIpc) is 2.40. The Hall–Kier alpha value is -1.85. The van der Waals surface area contributed by atoms with Crippen LogP contribution in [0.1, 0.15) is 27.2 Å². The first-order valence-corrected chi connectivity index (χ1v) is 6.54. The highest BCUT2D eigenvalue weighted by Gasteiger charge is 2.17. The van der Waals surface area contributed by atoms with Gasteiger partial charge in [-0.1, -0.05) is 19.1 Å². The monoisotopic (exact) mass is 286 g/mol. The largest absolute Gasteiger partial charge is 0.433 e. The molecule has 1 amide bonds. The van der Waals surface area contributed by atoms with Crippen LogP contribution in [-0.4, -0.2) is 24.6 Å². The summed E-state index contributed by atoms with van der Waals surface area (Å²) in [4.78, 5) is 11.9. The van der Waals surface area contributed by atoms with Crippen molar-refractivity contribution < 1.29 is 18.3 Å². The molecule has 1 aromatic rings. The van der Waals surface area contributed by atoms with Crippen molar-refractivity contribution in [3.05, 3.63) is 24.3 Å². The van der Waals surface area contributed by atoms with Crippen molar-refractivity contribution >= 4 is 11.6 Å². The Bertz CT molecular complexity index is 441. The molecule has 2 atom stereocenters. The van der Waals surface area contributed by atoms with Crippen molar-refractivity contribution in [2.45, 2.75) is 45.9 Å². The van der Waals surface area contributed by atoms with E-state index in [9.17, 15) is 13.6 Å². The first kappa shape index (κ1) is 16.2. The molecule has 0 fully saturated rings. The Labute approximate surface area is 117 Å². The number of hydrogen-bond acceptors (Lipinski definition) is 3. The second kappa shape index (κ2) is 7.67. The van der Waals surface area contributed by atoms with E-state index in [-0.39, 0.29) is 17.7 Å². The van der Waals surface area contributed by atoms with Gasteiger partial charge in [-0.25, -0.2) is 0 Å². The zero-order chi connectivity index (χ0) is 15.1. The Balaban J connectivity index is 2.70. The van der Waals surface area contributed by atoms with E-state index in [4.69, 9.17) is 0 Å². The maximum Gasteiger partial charge on any atom is 0.387 e. The van der Waals surface area contributed by atoms with Gasteiger partial charge in [0.25, 0.3) is 0 Å². The molecule has 0 bridgehead atoms. The molecular weight excluding hydrogens is 266 g/mol. The summed E-state index contributed by atoms with van der Waals surface area (Å²) in [6, 6.07) is 5.80. The van der Waals surface area contributed by atoms with E-state index in [1.807, 2.05) is 13.8 Å². The first-order valence-electron chi connectivity index (χ1n) is 6.54. The molecule has 112 valence electrons. The van der Waals surface area contributed by atoms with Crippen molar-refractivity contribution in [3.63, 3.8) is 0 Å². The van der Waals surface area contributed by atoms with Gasteiger partial charge >= 0.3 is 6.61 Å². The lowest BCUT2D eigenvalue weighted by Gasteiger charge is -2.19. The summed E-state index contributed by atoms with van der Waals surface area (Å²) < 4.78 is 29.0. The molecule has 0 saturated carbocycles. The fourth-order valence-corrected chi connectivity index (χ4v) is 1.55. The zero-order valence-electron chi connectivity index (χ0n) is 11.8. The molecule has 6 heteroatoms. The SMILES string of the molecule is CCC(C)NC(=O)C(C)Nc1ccccc1OC(F)F. The fraction of sp³-hybridized carbons (Fsp3) is 0.500. The molecule has 4 nitrogen and oxygen atoms in total. The number of carbonyl (C=O) groups is 1. The lowest BCUT2D eigenvalue weighted by molar-refractivity contribution is -0.122. The third kappa shape index (κ3) is 5.03. The highest BCUT2D eigenvalue weighted by Crippen LogP contribution is 2.26. The second-order valence-electron chi connectivity index (χ2n) is 4.56. The number of benzene rings is 1. The van der Waals surface area contributed by atoms with E-state index in [2.05, 4.69) is 15.4 Å². The molecule has 0 aliphatic rings. The van der Waals surface area contributed by atoms with E-state index in [1.165, 1.54) is 6.07 Å². The van der Waals surface area contributed by atoms with Crippen LogP contribution < -0.4 is 15.4 Å². The summed E-state index contributed by atoms with van der Waals surface area (Å²) in [7, 11) is 0. The van der Waals surface area contributed by atoms with Crippen molar-refractivity contribution in [1.29, 1.82) is 0 Å². The number of rotatable bonds is 7. The molecule has 0 heterocycles. The Morgan fingerprint density at radius 1 is 1.30 bits per heavy atom. The van der Waals surface area contributed by atoms with Crippen LogP contribution >= 0.6 is 0 Å². The van der Waals surface area contributed by atoms with Crippen LogP contribution in [0.2, 0.25) is 0 Å². The van der Waals surface area contributed by atoms with Crippen LogP contribution in [0.3, 0.4) is 0 Å². The van der Waals surface area contributed by atoms with E-state index >= 15 is 0 Å². The third-order valence-electron chi connectivity index (χ3n) is 2.87. The number of anilines is 1. The molecular formula is C14H20F2N2O2. The number of hydrogen-bond donors (Lipinski definition) is 2. The van der Waals surface area contributed by atoms with E-state index in [0.29, 0.717) is 5.69 Å². The summed E-state index contributed by atoms with van der Waals surface area (Å²) in [6.07, 6.45) is 0.823. The van der Waals surface area contributed by atoms with Crippen LogP contribution in [0.15, 0.2) is 24.3 Å². The topological polar surface area (TPSA) is 50.4 Å². The molecule has 1 rings (SSSR count). The molecule has 2 unspecified atom stereocenters. The summed E-state index contributed by atoms with van der Waals surface area (Å²) >= 11 is 0. The first-order chi connectivity index (χ1) is 9.43. The van der Waals surface area contributed by atoms with E-state index < -0.39 is 12.7 Å². The molecule has 0 aliphatic carbocycles. The Kier molecular flexibility index (Phi) is 6.21. The van der Waals surface area contributed by atoms with E-state index in [1.54, 1.807) is 25.1 Å². The maximum atomic E-state index is 12.3. The zero-order valence-corrected chi connectivity index (χ0v) is 11.8. The lowest BCUT2D eigenvalue weighted by atomic mass is 10.2. The highest BCUT2D eigenvalue weighted by molar-refractivity contribution is 5.84. The van der Waals surface area contributed by atoms with Gasteiger partial charge in [0.1, 0.15) is 11.8 Å². The van der Waals surface area contributed by atoms with Crippen LogP contribution in [0.4, 0.5) is 14.5 Å². The summed E-state index contributed by atoms with van der Waals surface area (Å²) in [6.45, 7) is 2.63. The molecule has 0 radical (unpaired) electrons. The minimum atomic E-state index is -2.90. The van der Waals surface area contributed by atoms with Gasteiger partial charge in [-0.2, -0.15) is 8.78 Å². The minimum Gasteiger partial charge on any atom is -0.433 e.